The predicted molar refractivity (Wildman–Crippen MR) is 67.2 cm³/mol. The first-order valence-corrected chi connectivity index (χ1v) is 6.47. The highest BCUT2D eigenvalue weighted by Gasteiger charge is 2.13. The molecule has 4 heteroatoms. The second kappa shape index (κ2) is 5.26. The quantitative estimate of drug-likeness (QED) is 0.826. The highest BCUT2D eigenvalue weighted by atomic mass is 32.2. The smallest absolute Gasteiger partial charge is 0.128 e. The molecule has 1 atom stereocenters. The number of hydrogen-bond acceptors (Lipinski definition) is 4. The first kappa shape index (κ1) is 10.6. The SMILES string of the molecule is Nc1cccc(NCC2CCCCS2)n1. The van der Waals surface area contributed by atoms with Crippen molar-refractivity contribution in [3.63, 3.8) is 0 Å². The second-order valence-corrected chi connectivity index (χ2v) is 5.23. The fourth-order valence-electron chi connectivity index (χ4n) is 1.74. The number of aromatic nitrogens is 1. The van der Waals surface area contributed by atoms with E-state index in [-0.39, 0.29) is 0 Å². The van der Waals surface area contributed by atoms with Crippen molar-refractivity contribution in [1.82, 2.24) is 4.98 Å². The normalized spacial score (nSPS) is 21.2. The molecule has 82 valence electrons. The van der Waals surface area contributed by atoms with Crippen molar-refractivity contribution in [2.24, 2.45) is 0 Å². The van der Waals surface area contributed by atoms with Crippen LogP contribution in [0.2, 0.25) is 0 Å². The zero-order valence-corrected chi connectivity index (χ0v) is 9.59. The van der Waals surface area contributed by atoms with E-state index in [0.29, 0.717) is 5.82 Å². The van der Waals surface area contributed by atoms with Crippen LogP contribution in [0.1, 0.15) is 19.3 Å². The molecule has 15 heavy (non-hydrogen) atoms. The largest absolute Gasteiger partial charge is 0.384 e. The summed E-state index contributed by atoms with van der Waals surface area (Å²) >= 11 is 2.07. The van der Waals surface area contributed by atoms with E-state index in [1.54, 1.807) is 6.07 Å². The zero-order chi connectivity index (χ0) is 10.5. The van der Waals surface area contributed by atoms with Crippen molar-refractivity contribution in [3.05, 3.63) is 18.2 Å². The maximum atomic E-state index is 5.61. The van der Waals surface area contributed by atoms with Crippen LogP contribution in [0.25, 0.3) is 0 Å². The monoisotopic (exact) mass is 223 g/mol. The van der Waals surface area contributed by atoms with Crippen LogP contribution in [0.3, 0.4) is 0 Å². The molecule has 2 heterocycles. The van der Waals surface area contributed by atoms with Gasteiger partial charge in [0.2, 0.25) is 0 Å². The van der Waals surface area contributed by atoms with Gasteiger partial charge in [0.15, 0.2) is 0 Å². The van der Waals surface area contributed by atoms with Gasteiger partial charge in [0.25, 0.3) is 0 Å². The lowest BCUT2D eigenvalue weighted by Crippen LogP contribution is -2.20. The Kier molecular flexibility index (Phi) is 3.72. The van der Waals surface area contributed by atoms with Crippen LogP contribution in [0.4, 0.5) is 11.6 Å². The lowest BCUT2D eigenvalue weighted by Gasteiger charge is -2.21. The van der Waals surface area contributed by atoms with Crippen LogP contribution in [0, 0.1) is 0 Å². The highest BCUT2D eigenvalue weighted by molar-refractivity contribution is 7.99. The van der Waals surface area contributed by atoms with E-state index in [1.807, 2.05) is 12.1 Å². The molecular weight excluding hydrogens is 206 g/mol. The second-order valence-electron chi connectivity index (χ2n) is 3.82. The standard InChI is InChI=1S/C11H17N3S/c12-10-5-3-6-11(14-10)13-8-9-4-1-2-7-15-9/h3,5-6,9H,1-2,4,7-8H2,(H3,12,13,14). The molecule has 1 aromatic heterocycles. The average molecular weight is 223 g/mol. The number of pyridine rings is 1. The van der Waals surface area contributed by atoms with Crippen molar-refractivity contribution in [2.45, 2.75) is 24.5 Å². The lowest BCUT2D eigenvalue weighted by atomic mass is 10.2. The number of rotatable bonds is 3. The Morgan fingerprint density at radius 1 is 1.47 bits per heavy atom. The van der Waals surface area contributed by atoms with Crippen LogP contribution >= 0.6 is 11.8 Å². The molecule has 0 amide bonds. The summed E-state index contributed by atoms with van der Waals surface area (Å²) in [7, 11) is 0. The van der Waals surface area contributed by atoms with Crippen molar-refractivity contribution < 1.29 is 0 Å². The van der Waals surface area contributed by atoms with E-state index in [2.05, 4.69) is 22.1 Å². The zero-order valence-electron chi connectivity index (χ0n) is 8.78. The van der Waals surface area contributed by atoms with Gasteiger partial charge >= 0.3 is 0 Å². The maximum absolute atomic E-state index is 5.61. The van der Waals surface area contributed by atoms with E-state index >= 15 is 0 Å². The molecule has 1 unspecified atom stereocenters. The molecule has 3 nitrogen and oxygen atoms in total. The summed E-state index contributed by atoms with van der Waals surface area (Å²) in [6, 6.07) is 5.70. The maximum Gasteiger partial charge on any atom is 0.128 e. The van der Waals surface area contributed by atoms with E-state index < -0.39 is 0 Å². The summed E-state index contributed by atoms with van der Waals surface area (Å²) in [5, 5.41) is 4.08. The van der Waals surface area contributed by atoms with Gasteiger partial charge in [-0.1, -0.05) is 12.5 Å². The third-order valence-corrected chi connectivity index (χ3v) is 3.95. The molecule has 1 aliphatic rings. The van der Waals surface area contributed by atoms with Gasteiger partial charge in [-0.25, -0.2) is 4.98 Å². The Balaban J connectivity index is 1.81. The fourth-order valence-corrected chi connectivity index (χ4v) is 2.98. The van der Waals surface area contributed by atoms with Gasteiger partial charge in [0.05, 0.1) is 0 Å². The Bertz CT molecular complexity index is 310. The van der Waals surface area contributed by atoms with Crippen LogP contribution in [-0.4, -0.2) is 22.5 Å². The third-order valence-electron chi connectivity index (χ3n) is 2.56. The molecule has 1 fully saturated rings. The summed E-state index contributed by atoms with van der Waals surface area (Å²) in [5.41, 5.74) is 5.61. The molecule has 0 aliphatic carbocycles. The number of nitrogens with zero attached hydrogens (tertiary/aromatic N) is 1. The molecule has 1 aliphatic heterocycles. The first-order valence-electron chi connectivity index (χ1n) is 5.42. The number of nitrogen functional groups attached to an aromatic ring is 1. The minimum Gasteiger partial charge on any atom is -0.384 e. The first-order chi connectivity index (χ1) is 7.34. The van der Waals surface area contributed by atoms with Crippen molar-refractivity contribution in [1.29, 1.82) is 0 Å². The highest BCUT2D eigenvalue weighted by Crippen LogP contribution is 2.25. The van der Waals surface area contributed by atoms with Gasteiger partial charge in [-0.3, -0.25) is 0 Å². The summed E-state index contributed by atoms with van der Waals surface area (Å²) in [6.45, 7) is 1.00. The van der Waals surface area contributed by atoms with Gasteiger partial charge in [-0.2, -0.15) is 11.8 Å². The van der Waals surface area contributed by atoms with E-state index in [4.69, 9.17) is 5.73 Å². The number of anilines is 2. The molecule has 0 spiro atoms. The Morgan fingerprint density at radius 2 is 2.40 bits per heavy atom. The molecular formula is C11H17N3S. The third kappa shape index (κ3) is 3.30. The van der Waals surface area contributed by atoms with Gasteiger partial charge in [0, 0.05) is 11.8 Å². The molecule has 2 rings (SSSR count). The van der Waals surface area contributed by atoms with Crippen LogP contribution in [0.15, 0.2) is 18.2 Å². The number of nitrogens with two attached hydrogens (primary N) is 1. The predicted octanol–water partition coefficient (Wildman–Crippen LogP) is 2.36. The molecule has 1 aromatic rings. The van der Waals surface area contributed by atoms with Crippen molar-refractivity contribution in [2.75, 3.05) is 23.3 Å². The summed E-state index contributed by atoms with van der Waals surface area (Å²) < 4.78 is 0. The lowest BCUT2D eigenvalue weighted by molar-refractivity contribution is 0.677. The Labute approximate surface area is 94.8 Å². The van der Waals surface area contributed by atoms with E-state index in [0.717, 1.165) is 17.6 Å². The Hall–Kier alpha value is -0.900. The van der Waals surface area contributed by atoms with E-state index in [9.17, 15) is 0 Å². The molecule has 0 aromatic carbocycles. The molecule has 1 saturated heterocycles. The van der Waals surface area contributed by atoms with Gasteiger partial charge in [-0.15, -0.1) is 0 Å². The molecule has 3 N–H and O–H groups in total. The average Bonchev–Trinajstić information content (AvgIpc) is 2.28. The number of thioether (sulfide) groups is 1. The van der Waals surface area contributed by atoms with Gasteiger partial charge in [0.1, 0.15) is 11.6 Å². The van der Waals surface area contributed by atoms with Crippen LogP contribution in [0.5, 0.6) is 0 Å². The Morgan fingerprint density at radius 3 is 3.13 bits per heavy atom. The van der Waals surface area contributed by atoms with Crippen LogP contribution < -0.4 is 11.1 Å². The topological polar surface area (TPSA) is 50.9 Å². The number of nitrogens with one attached hydrogen (secondary N) is 1. The van der Waals surface area contributed by atoms with Crippen LogP contribution in [-0.2, 0) is 0 Å². The molecule has 0 saturated carbocycles. The number of hydrogen-bond donors (Lipinski definition) is 2. The minimum atomic E-state index is 0.580. The molecule has 0 radical (unpaired) electrons. The summed E-state index contributed by atoms with van der Waals surface area (Å²) in [4.78, 5) is 4.21. The molecule has 0 bridgehead atoms. The summed E-state index contributed by atoms with van der Waals surface area (Å²) in [6.07, 6.45) is 4.06. The summed E-state index contributed by atoms with van der Waals surface area (Å²) in [5.74, 6) is 2.77. The minimum absolute atomic E-state index is 0.580. The van der Waals surface area contributed by atoms with Gasteiger partial charge < -0.3 is 11.1 Å². The fraction of sp³-hybridized carbons (Fsp3) is 0.545. The van der Waals surface area contributed by atoms with Gasteiger partial charge in [-0.05, 0) is 30.7 Å². The van der Waals surface area contributed by atoms with E-state index in [1.165, 1.54) is 25.0 Å². The van der Waals surface area contributed by atoms with Crippen molar-refractivity contribution in [3.8, 4) is 0 Å². The van der Waals surface area contributed by atoms with Crippen molar-refractivity contribution >= 4 is 23.4 Å².